The fraction of sp³-hybridized carbons (Fsp3) is 0.182. The van der Waals surface area contributed by atoms with Crippen LogP contribution in [0, 0.1) is 0 Å². The normalized spacial score (nSPS) is 10.7. The smallest absolute Gasteiger partial charge is 0.123 e. The van der Waals surface area contributed by atoms with Gasteiger partial charge in [0, 0.05) is 27.4 Å². The van der Waals surface area contributed by atoms with Crippen molar-refractivity contribution in [3.63, 3.8) is 0 Å². The number of hydrogen-bond donors (Lipinski definition) is 1. The Morgan fingerprint density at radius 1 is 1.19 bits per heavy atom. The van der Waals surface area contributed by atoms with Crippen molar-refractivity contribution in [2.75, 3.05) is 6.54 Å². The summed E-state index contributed by atoms with van der Waals surface area (Å²) in [5, 5.41) is 4.18. The molecule has 5 heteroatoms. The zero-order valence-corrected chi connectivity index (χ0v) is 10.7. The van der Waals surface area contributed by atoms with E-state index in [0.29, 0.717) is 16.6 Å². The van der Waals surface area contributed by atoms with Crippen LogP contribution in [-0.2, 0) is 6.42 Å². The van der Waals surface area contributed by atoms with Crippen LogP contribution < -0.4 is 5.73 Å². The van der Waals surface area contributed by atoms with Crippen molar-refractivity contribution in [3.05, 3.63) is 39.3 Å². The molecule has 2 aromatic rings. The van der Waals surface area contributed by atoms with Gasteiger partial charge in [-0.05, 0) is 24.7 Å². The molecule has 1 aromatic heterocycles. The van der Waals surface area contributed by atoms with Crippen molar-refractivity contribution in [1.29, 1.82) is 0 Å². The van der Waals surface area contributed by atoms with Crippen LogP contribution in [-0.4, -0.2) is 11.5 Å². The molecule has 0 spiro atoms. The first-order valence-corrected chi connectivity index (χ1v) is 6.43. The summed E-state index contributed by atoms with van der Waals surface area (Å²) in [6.07, 6.45) is 0.796. The van der Waals surface area contributed by atoms with Crippen LogP contribution >= 0.6 is 34.5 Å². The number of halogens is 2. The molecule has 2 N–H and O–H groups in total. The first-order chi connectivity index (χ1) is 7.69. The molecule has 16 heavy (non-hydrogen) atoms. The third-order valence-electron chi connectivity index (χ3n) is 2.06. The molecule has 84 valence electrons. The van der Waals surface area contributed by atoms with Crippen molar-refractivity contribution in [2.24, 2.45) is 5.73 Å². The molecule has 2 rings (SSSR count). The van der Waals surface area contributed by atoms with Crippen LogP contribution in [0.5, 0.6) is 0 Å². The van der Waals surface area contributed by atoms with Gasteiger partial charge in [0.1, 0.15) is 5.01 Å². The molecular weight excluding hydrogens is 263 g/mol. The predicted molar refractivity (Wildman–Crippen MR) is 70.3 cm³/mol. The summed E-state index contributed by atoms with van der Waals surface area (Å²) in [7, 11) is 0. The Bertz CT molecular complexity index is 476. The lowest BCUT2D eigenvalue weighted by atomic mass is 10.2. The SMILES string of the molecule is NCCc1csc(-c2cc(Cl)cc(Cl)c2)n1. The van der Waals surface area contributed by atoms with Gasteiger partial charge in [0.15, 0.2) is 0 Å². The fourth-order valence-corrected chi connectivity index (χ4v) is 2.75. The molecular formula is C11H10Cl2N2S. The third kappa shape index (κ3) is 2.74. The second kappa shape index (κ2) is 5.15. The molecule has 1 aromatic carbocycles. The van der Waals surface area contributed by atoms with Crippen molar-refractivity contribution < 1.29 is 0 Å². The van der Waals surface area contributed by atoms with E-state index in [4.69, 9.17) is 28.9 Å². The van der Waals surface area contributed by atoms with E-state index >= 15 is 0 Å². The maximum absolute atomic E-state index is 5.94. The van der Waals surface area contributed by atoms with E-state index in [-0.39, 0.29) is 0 Å². The topological polar surface area (TPSA) is 38.9 Å². The van der Waals surface area contributed by atoms with Crippen LogP contribution in [0.15, 0.2) is 23.6 Å². The molecule has 0 amide bonds. The highest BCUT2D eigenvalue weighted by molar-refractivity contribution is 7.13. The van der Waals surface area contributed by atoms with Gasteiger partial charge < -0.3 is 5.73 Å². The van der Waals surface area contributed by atoms with E-state index in [1.165, 1.54) is 0 Å². The van der Waals surface area contributed by atoms with Gasteiger partial charge in [-0.25, -0.2) is 4.98 Å². The Kier molecular flexibility index (Phi) is 3.82. The van der Waals surface area contributed by atoms with E-state index in [9.17, 15) is 0 Å². The Hall–Kier alpha value is -0.610. The Morgan fingerprint density at radius 2 is 1.88 bits per heavy atom. The second-order valence-electron chi connectivity index (χ2n) is 3.34. The van der Waals surface area contributed by atoms with E-state index in [0.717, 1.165) is 22.7 Å². The van der Waals surface area contributed by atoms with Crippen molar-refractivity contribution >= 4 is 34.5 Å². The van der Waals surface area contributed by atoms with E-state index in [1.54, 1.807) is 17.4 Å². The largest absolute Gasteiger partial charge is 0.330 e. The number of rotatable bonds is 3. The van der Waals surface area contributed by atoms with E-state index < -0.39 is 0 Å². The third-order valence-corrected chi connectivity index (χ3v) is 3.44. The molecule has 2 nitrogen and oxygen atoms in total. The average Bonchev–Trinajstić information content (AvgIpc) is 2.65. The van der Waals surface area contributed by atoms with Crippen LogP contribution in [0.2, 0.25) is 10.0 Å². The monoisotopic (exact) mass is 272 g/mol. The van der Waals surface area contributed by atoms with Gasteiger partial charge in [0.2, 0.25) is 0 Å². The highest BCUT2D eigenvalue weighted by Gasteiger charge is 2.06. The number of hydrogen-bond acceptors (Lipinski definition) is 3. The Balaban J connectivity index is 2.34. The minimum atomic E-state index is 0.611. The highest BCUT2D eigenvalue weighted by atomic mass is 35.5. The quantitative estimate of drug-likeness (QED) is 0.927. The minimum absolute atomic E-state index is 0.611. The van der Waals surface area contributed by atoms with Crippen LogP contribution in [0.1, 0.15) is 5.69 Å². The molecule has 0 saturated carbocycles. The molecule has 0 fully saturated rings. The lowest BCUT2D eigenvalue weighted by Gasteiger charge is -1.98. The van der Waals surface area contributed by atoms with Crippen LogP contribution in [0.4, 0.5) is 0 Å². The second-order valence-corrected chi connectivity index (χ2v) is 5.07. The average molecular weight is 273 g/mol. The lowest BCUT2D eigenvalue weighted by Crippen LogP contribution is -2.02. The van der Waals surface area contributed by atoms with Crippen LogP contribution in [0.3, 0.4) is 0 Å². The van der Waals surface area contributed by atoms with Gasteiger partial charge >= 0.3 is 0 Å². The summed E-state index contributed by atoms with van der Waals surface area (Å²) in [4.78, 5) is 4.47. The summed E-state index contributed by atoms with van der Waals surface area (Å²) in [5.74, 6) is 0. The molecule has 0 bridgehead atoms. The van der Waals surface area contributed by atoms with Crippen molar-refractivity contribution in [3.8, 4) is 10.6 Å². The number of nitrogens with zero attached hydrogens (tertiary/aromatic N) is 1. The number of nitrogens with two attached hydrogens (primary N) is 1. The molecule has 0 aliphatic heterocycles. The van der Waals surface area contributed by atoms with Gasteiger partial charge in [-0.15, -0.1) is 11.3 Å². The van der Waals surface area contributed by atoms with Gasteiger partial charge in [-0.1, -0.05) is 23.2 Å². The Morgan fingerprint density at radius 3 is 2.50 bits per heavy atom. The summed E-state index contributed by atoms with van der Waals surface area (Å²) in [5.41, 5.74) is 7.44. The van der Waals surface area contributed by atoms with E-state index in [1.807, 2.05) is 17.5 Å². The van der Waals surface area contributed by atoms with Gasteiger partial charge in [-0.2, -0.15) is 0 Å². The molecule has 0 atom stereocenters. The first kappa shape index (κ1) is 11.9. The van der Waals surface area contributed by atoms with Crippen molar-refractivity contribution in [2.45, 2.75) is 6.42 Å². The lowest BCUT2D eigenvalue weighted by molar-refractivity contribution is 0.936. The number of thiazole rings is 1. The Labute approximate surface area is 108 Å². The predicted octanol–water partition coefficient (Wildman–Crippen LogP) is 3.62. The summed E-state index contributed by atoms with van der Waals surface area (Å²) >= 11 is 13.5. The standard InChI is InChI=1S/C11H10Cl2N2S/c12-8-3-7(4-9(13)5-8)11-15-10(1-2-14)6-16-11/h3-6H,1-2,14H2. The molecule has 0 aliphatic rings. The molecule has 0 aliphatic carbocycles. The maximum Gasteiger partial charge on any atom is 0.123 e. The highest BCUT2D eigenvalue weighted by Crippen LogP contribution is 2.29. The van der Waals surface area contributed by atoms with Gasteiger partial charge in [0.25, 0.3) is 0 Å². The van der Waals surface area contributed by atoms with Crippen molar-refractivity contribution in [1.82, 2.24) is 4.98 Å². The molecule has 0 radical (unpaired) electrons. The minimum Gasteiger partial charge on any atom is -0.330 e. The zero-order chi connectivity index (χ0) is 11.5. The van der Waals surface area contributed by atoms with E-state index in [2.05, 4.69) is 4.98 Å². The fourth-order valence-electron chi connectivity index (χ4n) is 1.38. The summed E-state index contributed by atoms with van der Waals surface area (Å²) in [6, 6.07) is 5.43. The summed E-state index contributed by atoms with van der Waals surface area (Å²) < 4.78 is 0. The van der Waals surface area contributed by atoms with Gasteiger partial charge in [0.05, 0.1) is 5.69 Å². The molecule has 1 heterocycles. The maximum atomic E-state index is 5.94. The zero-order valence-electron chi connectivity index (χ0n) is 8.41. The number of benzene rings is 1. The number of aromatic nitrogens is 1. The first-order valence-electron chi connectivity index (χ1n) is 4.80. The molecule has 0 saturated heterocycles. The summed E-state index contributed by atoms with van der Waals surface area (Å²) in [6.45, 7) is 0.611. The molecule has 0 unspecified atom stereocenters. The van der Waals surface area contributed by atoms with Gasteiger partial charge in [-0.3, -0.25) is 0 Å². The van der Waals surface area contributed by atoms with Crippen LogP contribution in [0.25, 0.3) is 10.6 Å².